The van der Waals surface area contributed by atoms with Gasteiger partial charge in [0, 0.05) is 5.02 Å². The molecule has 18 heavy (non-hydrogen) atoms. The highest BCUT2D eigenvalue weighted by atomic mass is 35.5. The summed E-state index contributed by atoms with van der Waals surface area (Å²) in [6.07, 6.45) is 0.964. The lowest BCUT2D eigenvalue weighted by atomic mass is 9.91. The van der Waals surface area contributed by atoms with Crippen LogP contribution in [0.4, 0.5) is 0 Å². The first-order valence-corrected chi connectivity index (χ1v) is 6.53. The summed E-state index contributed by atoms with van der Waals surface area (Å²) in [7, 11) is 0. The number of hydrogen-bond donors (Lipinski definition) is 0. The molecule has 2 rings (SSSR count). The minimum atomic E-state index is 0.454. The number of halogens is 1. The van der Waals surface area contributed by atoms with E-state index in [0.29, 0.717) is 5.92 Å². The van der Waals surface area contributed by atoms with Crippen molar-refractivity contribution in [2.45, 2.75) is 19.3 Å². The minimum Gasteiger partial charge on any atom is -0.0952 e. The molecule has 1 heteroatoms. The molecule has 1 atom stereocenters. The van der Waals surface area contributed by atoms with E-state index in [1.165, 1.54) is 16.7 Å². The Bertz CT molecular complexity index is 511. The van der Waals surface area contributed by atoms with E-state index in [1.54, 1.807) is 0 Å². The highest BCUT2D eigenvalue weighted by Crippen LogP contribution is 2.28. The Balaban J connectivity index is 2.06. The van der Waals surface area contributed by atoms with Crippen LogP contribution in [0.5, 0.6) is 0 Å². The molecule has 0 unspecified atom stereocenters. The van der Waals surface area contributed by atoms with Crippen LogP contribution in [0, 0.1) is 0 Å². The van der Waals surface area contributed by atoms with Gasteiger partial charge in [0.2, 0.25) is 0 Å². The van der Waals surface area contributed by atoms with Crippen LogP contribution in [-0.2, 0) is 0 Å². The Kier molecular flexibility index (Phi) is 4.22. The zero-order valence-electron chi connectivity index (χ0n) is 10.6. The molecule has 0 aliphatic rings. The summed E-state index contributed by atoms with van der Waals surface area (Å²) in [6.45, 7) is 6.40. The van der Waals surface area contributed by atoms with E-state index in [4.69, 9.17) is 11.6 Å². The molecule has 0 amide bonds. The standard InChI is InChI=1S/C17H17Cl/c1-13(15-6-4-3-5-7-15)12-14(2)16-8-10-17(18)11-9-16/h3-11,14H,1,12H2,2H3/t14-/m1/s1. The van der Waals surface area contributed by atoms with Crippen LogP contribution in [0.2, 0.25) is 5.02 Å². The van der Waals surface area contributed by atoms with Gasteiger partial charge in [-0.15, -0.1) is 0 Å². The molecule has 0 spiro atoms. The van der Waals surface area contributed by atoms with E-state index in [2.05, 4.69) is 37.8 Å². The van der Waals surface area contributed by atoms with E-state index in [0.717, 1.165) is 11.4 Å². The molecule has 0 aliphatic carbocycles. The molecule has 0 heterocycles. The second kappa shape index (κ2) is 5.88. The van der Waals surface area contributed by atoms with Gasteiger partial charge in [-0.25, -0.2) is 0 Å². The van der Waals surface area contributed by atoms with Gasteiger partial charge in [-0.2, -0.15) is 0 Å². The number of hydrogen-bond acceptors (Lipinski definition) is 0. The SMILES string of the molecule is C=C(C[C@@H](C)c1ccc(Cl)cc1)c1ccccc1. The molecule has 0 saturated heterocycles. The van der Waals surface area contributed by atoms with Crippen molar-refractivity contribution in [1.82, 2.24) is 0 Å². The van der Waals surface area contributed by atoms with Crippen molar-refractivity contribution in [3.05, 3.63) is 77.3 Å². The topological polar surface area (TPSA) is 0 Å². The van der Waals surface area contributed by atoms with Crippen LogP contribution in [0.3, 0.4) is 0 Å². The lowest BCUT2D eigenvalue weighted by Crippen LogP contribution is -1.95. The minimum absolute atomic E-state index is 0.454. The van der Waals surface area contributed by atoms with Crippen molar-refractivity contribution in [1.29, 1.82) is 0 Å². The Morgan fingerprint density at radius 1 is 1.06 bits per heavy atom. The summed E-state index contributed by atoms with van der Waals surface area (Å²) >= 11 is 5.90. The van der Waals surface area contributed by atoms with Crippen molar-refractivity contribution < 1.29 is 0 Å². The van der Waals surface area contributed by atoms with Gasteiger partial charge < -0.3 is 0 Å². The maximum Gasteiger partial charge on any atom is 0.0406 e. The number of allylic oxidation sites excluding steroid dienone is 1. The molecule has 92 valence electrons. The third-order valence-electron chi connectivity index (χ3n) is 3.17. The summed E-state index contributed by atoms with van der Waals surface area (Å²) in [5.74, 6) is 0.454. The first kappa shape index (κ1) is 12.9. The van der Waals surface area contributed by atoms with E-state index in [1.807, 2.05) is 30.3 Å². The molecule has 0 N–H and O–H groups in total. The van der Waals surface area contributed by atoms with Crippen molar-refractivity contribution >= 4 is 17.2 Å². The Hall–Kier alpha value is -1.53. The lowest BCUT2D eigenvalue weighted by molar-refractivity contribution is 0.793. The molecule has 2 aromatic rings. The highest BCUT2D eigenvalue weighted by Gasteiger charge is 2.08. The highest BCUT2D eigenvalue weighted by molar-refractivity contribution is 6.30. The molecule has 0 bridgehead atoms. The lowest BCUT2D eigenvalue weighted by Gasteiger charge is -2.14. The Labute approximate surface area is 114 Å². The second-order valence-electron chi connectivity index (χ2n) is 4.63. The fourth-order valence-corrected chi connectivity index (χ4v) is 2.20. The van der Waals surface area contributed by atoms with Crippen molar-refractivity contribution in [2.75, 3.05) is 0 Å². The quantitative estimate of drug-likeness (QED) is 0.673. The molecule has 0 aliphatic heterocycles. The van der Waals surface area contributed by atoms with Gasteiger partial charge in [0.1, 0.15) is 0 Å². The van der Waals surface area contributed by atoms with Gasteiger partial charge in [-0.1, -0.05) is 67.6 Å². The maximum absolute atomic E-state index is 5.90. The largest absolute Gasteiger partial charge is 0.0952 e. The van der Waals surface area contributed by atoms with Gasteiger partial charge in [0.25, 0.3) is 0 Å². The molecule has 0 fully saturated rings. The Morgan fingerprint density at radius 3 is 2.28 bits per heavy atom. The summed E-state index contributed by atoms with van der Waals surface area (Å²) in [6, 6.07) is 18.4. The summed E-state index contributed by atoms with van der Waals surface area (Å²) in [5, 5.41) is 0.785. The summed E-state index contributed by atoms with van der Waals surface area (Å²) in [5.41, 5.74) is 3.70. The van der Waals surface area contributed by atoms with Gasteiger partial charge in [-0.05, 0) is 41.2 Å². The molecule has 2 aromatic carbocycles. The molecular weight excluding hydrogens is 240 g/mol. The van der Waals surface area contributed by atoms with Crippen LogP contribution >= 0.6 is 11.6 Å². The van der Waals surface area contributed by atoms with E-state index in [9.17, 15) is 0 Å². The molecular formula is C17H17Cl. The van der Waals surface area contributed by atoms with Crippen LogP contribution in [0.25, 0.3) is 5.57 Å². The van der Waals surface area contributed by atoms with Gasteiger partial charge >= 0.3 is 0 Å². The number of benzene rings is 2. The molecule has 0 aromatic heterocycles. The van der Waals surface area contributed by atoms with E-state index >= 15 is 0 Å². The third-order valence-corrected chi connectivity index (χ3v) is 3.43. The first-order valence-electron chi connectivity index (χ1n) is 6.15. The summed E-state index contributed by atoms with van der Waals surface area (Å²) in [4.78, 5) is 0. The Morgan fingerprint density at radius 2 is 1.67 bits per heavy atom. The zero-order chi connectivity index (χ0) is 13.0. The third kappa shape index (κ3) is 3.24. The number of rotatable bonds is 4. The van der Waals surface area contributed by atoms with Gasteiger partial charge in [0.15, 0.2) is 0 Å². The van der Waals surface area contributed by atoms with Crippen LogP contribution in [0.15, 0.2) is 61.2 Å². The predicted molar refractivity (Wildman–Crippen MR) is 80.0 cm³/mol. The van der Waals surface area contributed by atoms with Gasteiger partial charge in [0.05, 0.1) is 0 Å². The van der Waals surface area contributed by atoms with Crippen LogP contribution in [-0.4, -0.2) is 0 Å². The fourth-order valence-electron chi connectivity index (χ4n) is 2.07. The first-order chi connectivity index (χ1) is 8.66. The predicted octanol–water partition coefficient (Wildman–Crippen LogP) is 5.55. The second-order valence-corrected chi connectivity index (χ2v) is 5.06. The molecule has 0 radical (unpaired) electrons. The van der Waals surface area contributed by atoms with Gasteiger partial charge in [-0.3, -0.25) is 0 Å². The average Bonchev–Trinajstić information content (AvgIpc) is 2.40. The summed E-state index contributed by atoms with van der Waals surface area (Å²) < 4.78 is 0. The van der Waals surface area contributed by atoms with Crippen LogP contribution in [0.1, 0.15) is 30.4 Å². The fraction of sp³-hybridized carbons (Fsp3) is 0.176. The normalized spacial score (nSPS) is 12.1. The smallest absolute Gasteiger partial charge is 0.0406 e. The van der Waals surface area contributed by atoms with Crippen molar-refractivity contribution in [3.8, 4) is 0 Å². The molecule has 0 nitrogen and oxygen atoms in total. The van der Waals surface area contributed by atoms with E-state index < -0.39 is 0 Å². The van der Waals surface area contributed by atoms with E-state index in [-0.39, 0.29) is 0 Å². The monoisotopic (exact) mass is 256 g/mol. The molecule has 0 saturated carbocycles. The average molecular weight is 257 g/mol. The van der Waals surface area contributed by atoms with Crippen molar-refractivity contribution in [2.24, 2.45) is 0 Å². The van der Waals surface area contributed by atoms with Crippen LogP contribution < -0.4 is 0 Å². The maximum atomic E-state index is 5.90. The van der Waals surface area contributed by atoms with Crippen molar-refractivity contribution in [3.63, 3.8) is 0 Å². The zero-order valence-corrected chi connectivity index (χ0v) is 11.3.